The van der Waals surface area contributed by atoms with Crippen LogP contribution in [0.3, 0.4) is 0 Å². The predicted octanol–water partition coefficient (Wildman–Crippen LogP) is 4.11. The molecule has 0 saturated heterocycles. The average Bonchev–Trinajstić information content (AvgIpc) is 2.29. The molecule has 0 nitrogen and oxygen atoms in total. The third kappa shape index (κ3) is 2.00. The lowest BCUT2D eigenvalue weighted by molar-refractivity contribution is 0.463. The molecule has 1 aliphatic rings. The highest BCUT2D eigenvalue weighted by Crippen LogP contribution is 2.45. The molecule has 1 aliphatic carbocycles. The number of rotatable bonds is 2. The maximum atomic E-state index is 5.88. The third-order valence-corrected chi connectivity index (χ3v) is 4.63. The molecule has 1 saturated carbocycles. The smallest absolute Gasteiger partial charge is 0.0290 e. The normalized spacial score (nSPS) is 42.7. The minimum atomic E-state index is 0.623. The van der Waals surface area contributed by atoms with Gasteiger partial charge in [0.05, 0.1) is 0 Å². The van der Waals surface area contributed by atoms with Gasteiger partial charge in [0, 0.05) is 5.25 Å². The van der Waals surface area contributed by atoms with E-state index in [1.807, 2.05) is 0 Å². The molecule has 0 N–H and O–H groups in total. The van der Waals surface area contributed by atoms with Crippen LogP contribution in [0.15, 0.2) is 12.2 Å². The first kappa shape index (κ1) is 10.5. The Morgan fingerprint density at radius 2 is 2.08 bits per heavy atom. The fourth-order valence-corrected chi connectivity index (χ4v) is 3.72. The molecule has 4 unspecified atom stereocenters. The first-order valence-electron chi connectivity index (χ1n) is 4.61. The Hall–Kier alpha value is 0.380. The summed E-state index contributed by atoms with van der Waals surface area (Å²) in [6, 6.07) is 0. The molecule has 0 aromatic rings. The van der Waals surface area contributed by atoms with Gasteiger partial charge in [0.15, 0.2) is 0 Å². The summed E-state index contributed by atoms with van der Waals surface area (Å²) in [6.07, 6.45) is 5.76. The molecule has 4 atom stereocenters. The van der Waals surface area contributed by atoms with Crippen molar-refractivity contribution in [1.82, 2.24) is 0 Å². The van der Waals surface area contributed by atoms with Crippen molar-refractivity contribution >= 4 is 21.7 Å². The van der Waals surface area contributed by atoms with Crippen LogP contribution in [0.2, 0.25) is 0 Å². The fraction of sp³-hybridized carbons (Fsp3) is 0.800. The highest BCUT2D eigenvalue weighted by Gasteiger charge is 2.36. The van der Waals surface area contributed by atoms with E-state index in [-0.39, 0.29) is 0 Å². The second kappa shape index (κ2) is 4.57. The van der Waals surface area contributed by atoms with Crippen molar-refractivity contribution < 1.29 is 0 Å². The number of hydrogen-bond acceptors (Lipinski definition) is 1. The van der Waals surface area contributed by atoms with Gasteiger partial charge in [0.1, 0.15) is 0 Å². The SMILES string of the molecule is C/C=C\C1CC(C)C(C)C1SCl. The third-order valence-electron chi connectivity index (χ3n) is 3.02. The summed E-state index contributed by atoms with van der Waals surface area (Å²) in [5, 5.41) is 0.623. The Bertz CT molecular complexity index is 167. The van der Waals surface area contributed by atoms with E-state index in [4.69, 9.17) is 10.7 Å². The van der Waals surface area contributed by atoms with Gasteiger partial charge in [-0.25, -0.2) is 0 Å². The molecule has 0 aromatic carbocycles. The van der Waals surface area contributed by atoms with Gasteiger partial charge in [-0.2, -0.15) is 0 Å². The quantitative estimate of drug-likeness (QED) is 0.611. The van der Waals surface area contributed by atoms with E-state index in [0.717, 1.165) is 11.8 Å². The molecule has 70 valence electrons. The molecule has 12 heavy (non-hydrogen) atoms. The zero-order chi connectivity index (χ0) is 9.14. The lowest BCUT2D eigenvalue weighted by Crippen LogP contribution is -2.13. The molecule has 2 heteroatoms. The van der Waals surface area contributed by atoms with Crippen molar-refractivity contribution in [2.75, 3.05) is 0 Å². The van der Waals surface area contributed by atoms with Crippen molar-refractivity contribution in [2.45, 2.75) is 32.4 Å². The molecular formula is C10H17ClS. The minimum absolute atomic E-state index is 0.623. The largest absolute Gasteiger partial charge is 0.0913 e. The highest BCUT2D eigenvalue weighted by atomic mass is 35.7. The van der Waals surface area contributed by atoms with Crippen molar-refractivity contribution in [3.05, 3.63) is 12.2 Å². The molecular weight excluding hydrogens is 188 g/mol. The van der Waals surface area contributed by atoms with Crippen LogP contribution < -0.4 is 0 Å². The van der Waals surface area contributed by atoms with E-state index in [9.17, 15) is 0 Å². The standard InChI is InChI=1S/C10H17ClS/c1-4-5-9-6-7(2)8(3)10(9)12-11/h4-5,7-10H,6H2,1-3H3/b5-4-. The molecule has 1 rings (SSSR count). The molecule has 0 amide bonds. The minimum Gasteiger partial charge on any atom is -0.0913 e. The maximum absolute atomic E-state index is 5.88. The number of hydrogen-bond donors (Lipinski definition) is 0. The summed E-state index contributed by atoms with van der Waals surface area (Å²) >= 11 is 0. The van der Waals surface area contributed by atoms with Gasteiger partial charge in [-0.3, -0.25) is 0 Å². The Morgan fingerprint density at radius 1 is 1.42 bits per heavy atom. The lowest BCUT2D eigenvalue weighted by atomic mass is 10.0. The Kier molecular flexibility index (Phi) is 3.98. The van der Waals surface area contributed by atoms with Gasteiger partial charge in [0.25, 0.3) is 0 Å². The number of halogens is 1. The molecule has 0 aromatic heterocycles. The summed E-state index contributed by atoms with van der Waals surface area (Å²) in [4.78, 5) is 0. The zero-order valence-corrected chi connectivity index (χ0v) is 9.53. The van der Waals surface area contributed by atoms with Crippen LogP contribution >= 0.6 is 21.7 Å². The van der Waals surface area contributed by atoms with E-state index in [0.29, 0.717) is 11.2 Å². The Balaban J connectivity index is 2.64. The second-order valence-electron chi connectivity index (χ2n) is 3.82. The van der Waals surface area contributed by atoms with Crippen molar-refractivity contribution in [3.63, 3.8) is 0 Å². The van der Waals surface area contributed by atoms with Gasteiger partial charge < -0.3 is 0 Å². The van der Waals surface area contributed by atoms with Crippen LogP contribution in [-0.4, -0.2) is 5.25 Å². The highest BCUT2D eigenvalue weighted by molar-refractivity contribution is 8.21. The molecule has 0 radical (unpaired) electrons. The van der Waals surface area contributed by atoms with Gasteiger partial charge in [0.2, 0.25) is 0 Å². The van der Waals surface area contributed by atoms with Gasteiger partial charge in [-0.05, 0) is 41.8 Å². The molecule has 0 heterocycles. The second-order valence-corrected chi connectivity index (χ2v) is 5.07. The van der Waals surface area contributed by atoms with Crippen LogP contribution in [-0.2, 0) is 0 Å². The fourth-order valence-electron chi connectivity index (χ4n) is 2.07. The maximum Gasteiger partial charge on any atom is 0.0290 e. The van der Waals surface area contributed by atoms with Crippen LogP contribution in [0.25, 0.3) is 0 Å². The van der Waals surface area contributed by atoms with E-state index in [1.165, 1.54) is 17.4 Å². The van der Waals surface area contributed by atoms with Crippen molar-refractivity contribution in [2.24, 2.45) is 17.8 Å². The van der Waals surface area contributed by atoms with Gasteiger partial charge in [-0.1, -0.05) is 37.0 Å². The van der Waals surface area contributed by atoms with E-state index >= 15 is 0 Å². The molecule has 0 bridgehead atoms. The molecule has 1 fully saturated rings. The first-order chi connectivity index (χ1) is 5.70. The summed E-state index contributed by atoms with van der Waals surface area (Å²) < 4.78 is 0. The van der Waals surface area contributed by atoms with Crippen molar-refractivity contribution in [1.29, 1.82) is 0 Å². The van der Waals surface area contributed by atoms with E-state index in [2.05, 4.69) is 32.9 Å². The Morgan fingerprint density at radius 3 is 2.58 bits per heavy atom. The predicted molar refractivity (Wildman–Crippen MR) is 58.5 cm³/mol. The first-order valence-corrected chi connectivity index (χ1v) is 6.31. The van der Waals surface area contributed by atoms with Crippen LogP contribution in [0.4, 0.5) is 0 Å². The molecule has 0 spiro atoms. The van der Waals surface area contributed by atoms with Gasteiger partial charge >= 0.3 is 0 Å². The summed E-state index contributed by atoms with van der Waals surface area (Å²) in [7, 11) is 7.39. The number of allylic oxidation sites excluding steroid dienone is 2. The average molecular weight is 205 g/mol. The van der Waals surface area contributed by atoms with E-state index < -0.39 is 0 Å². The van der Waals surface area contributed by atoms with Crippen LogP contribution in [0.5, 0.6) is 0 Å². The summed E-state index contributed by atoms with van der Waals surface area (Å²) in [5.74, 6) is 2.28. The van der Waals surface area contributed by atoms with E-state index in [1.54, 1.807) is 0 Å². The topological polar surface area (TPSA) is 0 Å². The molecule has 0 aliphatic heterocycles. The Labute approximate surface area is 84.3 Å². The summed E-state index contributed by atoms with van der Waals surface area (Å²) in [6.45, 7) is 6.73. The van der Waals surface area contributed by atoms with Gasteiger partial charge in [-0.15, -0.1) is 0 Å². The van der Waals surface area contributed by atoms with Crippen LogP contribution in [0.1, 0.15) is 27.2 Å². The summed E-state index contributed by atoms with van der Waals surface area (Å²) in [5.41, 5.74) is 0. The zero-order valence-electron chi connectivity index (χ0n) is 7.96. The monoisotopic (exact) mass is 204 g/mol. The van der Waals surface area contributed by atoms with Crippen molar-refractivity contribution in [3.8, 4) is 0 Å². The van der Waals surface area contributed by atoms with Crippen LogP contribution in [0, 0.1) is 17.8 Å². The lowest BCUT2D eigenvalue weighted by Gasteiger charge is -2.16.